The fraction of sp³-hybridized carbons (Fsp3) is 0.444. The monoisotopic (exact) mass is 330 g/mol. The first kappa shape index (κ1) is 16.0. The van der Waals surface area contributed by atoms with E-state index in [1.54, 1.807) is 11.3 Å². The molecule has 0 spiro atoms. The predicted octanol–water partition coefficient (Wildman–Crippen LogP) is 3.63. The number of benzene rings is 1. The van der Waals surface area contributed by atoms with E-state index >= 15 is 0 Å². The van der Waals surface area contributed by atoms with Crippen molar-refractivity contribution in [3.8, 4) is 5.75 Å². The van der Waals surface area contributed by atoms with Crippen LogP contribution in [0.4, 0.5) is 0 Å². The Morgan fingerprint density at radius 2 is 2.04 bits per heavy atom. The number of ether oxygens (including phenoxy) is 1. The molecule has 122 valence electrons. The molecule has 0 bridgehead atoms. The van der Waals surface area contributed by atoms with Crippen LogP contribution in [-0.2, 0) is 17.8 Å². The standard InChI is InChI=1S/C18H22N2O2S/c1-13-16(11-17(21)20-14-7-5-6-8-14)23-18(19-13)12-22-15-9-3-2-4-10-15/h2-4,9-10,14H,5-8,11-12H2,1H3,(H,20,21). The summed E-state index contributed by atoms with van der Waals surface area (Å²) in [6.45, 7) is 2.40. The van der Waals surface area contributed by atoms with Crippen LogP contribution in [0.15, 0.2) is 30.3 Å². The van der Waals surface area contributed by atoms with Crippen molar-refractivity contribution in [2.75, 3.05) is 0 Å². The van der Waals surface area contributed by atoms with Gasteiger partial charge in [-0.15, -0.1) is 11.3 Å². The van der Waals surface area contributed by atoms with E-state index in [0.717, 1.165) is 34.2 Å². The van der Waals surface area contributed by atoms with E-state index in [2.05, 4.69) is 10.3 Å². The molecule has 1 N–H and O–H groups in total. The van der Waals surface area contributed by atoms with Crippen LogP contribution < -0.4 is 10.1 Å². The molecule has 0 atom stereocenters. The number of carbonyl (C=O) groups is 1. The lowest BCUT2D eigenvalue weighted by atomic mass is 10.2. The van der Waals surface area contributed by atoms with Crippen LogP contribution in [0.2, 0.25) is 0 Å². The SMILES string of the molecule is Cc1nc(COc2ccccc2)sc1CC(=O)NC1CCCC1. The van der Waals surface area contributed by atoms with Crippen LogP contribution in [0.1, 0.15) is 41.3 Å². The van der Waals surface area contributed by atoms with Crippen LogP contribution in [0.25, 0.3) is 0 Å². The Labute approximate surface area is 140 Å². The minimum absolute atomic E-state index is 0.110. The van der Waals surface area contributed by atoms with Gasteiger partial charge in [0.05, 0.1) is 12.1 Å². The predicted molar refractivity (Wildman–Crippen MR) is 91.7 cm³/mol. The van der Waals surface area contributed by atoms with E-state index in [1.807, 2.05) is 37.3 Å². The molecule has 1 fully saturated rings. The van der Waals surface area contributed by atoms with Crippen molar-refractivity contribution in [1.82, 2.24) is 10.3 Å². The Morgan fingerprint density at radius 1 is 1.30 bits per heavy atom. The molecule has 1 heterocycles. The molecule has 4 nitrogen and oxygen atoms in total. The van der Waals surface area contributed by atoms with Gasteiger partial charge in [0.25, 0.3) is 0 Å². The summed E-state index contributed by atoms with van der Waals surface area (Å²) in [5.41, 5.74) is 0.934. The summed E-state index contributed by atoms with van der Waals surface area (Å²) >= 11 is 1.57. The van der Waals surface area contributed by atoms with Crippen molar-refractivity contribution in [2.24, 2.45) is 0 Å². The van der Waals surface area contributed by atoms with Crippen molar-refractivity contribution >= 4 is 17.2 Å². The van der Waals surface area contributed by atoms with Crippen LogP contribution in [0.3, 0.4) is 0 Å². The smallest absolute Gasteiger partial charge is 0.225 e. The molecule has 1 saturated carbocycles. The Balaban J connectivity index is 1.54. The van der Waals surface area contributed by atoms with Crippen LogP contribution >= 0.6 is 11.3 Å². The van der Waals surface area contributed by atoms with E-state index in [-0.39, 0.29) is 5.91 Å². The summed E-state index contributed by atoms with van der Waals surface area (Å²) in [4.78, 5) is 17.7. The van der Waals surface area contributed by atoms with Crippen molar-refractivity contribution in [2.45, 2.75) is 51.7 Å². The maximum atomic E-state index is 12.1. The molecule has 0 saturated heterocycles. The van der Waals surface area contributed by atoms with E-state index in [0.29, 0.717) is 19.1 Å². The Morgan fingerprint density at radius 3 is 2.78 bits per heavy atom. The molecule has 1 aliphatic carbocycles. The minimum Gasteiger partial charge on any atom is -0.486 e. The molecule has 0 aliphatic heterocycles. The van der Waals surface area contributed by atoms with E-state index in [9.17, 15) is 4.79 Å². The van der Waals surface area contributed by atoms with Gasteiger partial charge in [0, 0.05) is 10.9 Å². The zero-order valence-corrected chi connectivity index (χ0v) is 14.2. The molecule has 0 unspecified atom stereocenters. The average Bonchev–Trinajstić information content (AvgIpc) is 3.17. The molecule has 5 heteroatoms. The highest BCUT2D eigenvalue weighted by Gasteiger charge is 2.18. The first-order valence-corrected chi connectivity index (χ1v) is 8.95. The van der Waals surface area contributed by atoms with Gasteiger partial charge in [0.15, 0.2) is 0 Å². The van der Waals surface area contributed by atoms with Crippen LogP contribution in [-0.4, -0.2) is 16.9 Å². The number of carbonyl (C=O) groups excluding carboxylic acids is 1. The first-order valence-electron chi connectivity index (χ1n) is 8.13. The zero-order chi connectivity index (χ0) is 16.1. The number of thiazole rings is 1. The lowest BCUT2D eigenvalue weighted by Crippen LogP contribution is -2.33. The topological polar surface area (TPSA) is 51.2 Å². The molecule has 2 aromatic rings. The summed E-state index contributed by atoms with van der Waals surface area (Å²) in [6, 6.07) is 10.1. The summed E-state index contributed by atoms with van der Waals surface area (Å²) in [5, 5.41) is 4.04. The maximum absolute atomic E-state index is 12.1. The number of aromatic nitrogens is 1. The van der Waals surface area contributed by atoms with Crippen molar-refractivity contribution in [3.05, 3.63) is 45.9 Å². The van der Waals surface area contributed by atoms with Gasteiger partial charge in [-0.2, -0.15) is 0 Å². The third kappa shape index (κ3) is 4.55. The summed E-state index contributed by atoms with van der Waals surface area (Å²) < 4.78 is 5.72. The second-order valence-electron chi connectivity index (χ2n) is 5.94. The largest absolute Gasteiger partial charge is 0.486 e. The molecule has 1 amide bonds. The van der Waals surface area contributed by atoms with Gasteiger partial charge in [0.2, 0.25) is 5.91 Å². The number of nitrogens with zero attached hydrogens (tertiary/aromatic N) is 1. The fourth-order valence-electron chi connectivity index (χ4n) is 2.87. The molecule has 1 aromatic carbocycles. The van der Waals surface area contributed by atoms with Gasteiger partial charge < -0.3 is 10.1 Å². The zero-order valence-electron chi connectivity index (χ0n) is 13.4. The summed E-state index contributed by atoms with van der Waals surface area (Å²) in [6.07, 6.45) is 5.11. The summed E-state index contributed by atoms with van der Waals surface area (Å²) in [7, 11) is 0. The Bertz CT molecular complexity index is 648. The Kier molecular flexibility index (Phi) is 5.28. The third-order valence-corrected chi connectivity index (χ3v) is 5.21. The normalized spacial score (nSPS) is 14.8. The van der Waals surface area contributed by atoms with E-state index in [4.69, 9.17) is 4.74 Å². The molecular weight excluding hydrogens is 308 g/mol. The molecule has 0 radical (unpaired) electrons. The van der Waals surface area contributed by atoms with E-state index < -0.39 is 0 Å². The first-order chi connectivity index (χ1) is 11.2. The molecule has 1 aliphatic rings. The lowest BCUT2D eigenvalue weighted by molar-refractivity contribution is -0.121. The third-order valence-electron chi connectivity index (χ3n) is 4.08. The second-order valence-corrected chi connectivity index (χ2v) is 7.11. The highest BCUT2D eigenvalue weighted by atomic mass is 32.1. The van der Waals surface area contributed by atoms with Gasteiger partial charge in [-0.05, 0) is 31.9 Å². The highest BCUT2D eigenvalue weighted by molar-refractivity contribution is 7.11. The van der Waals surface area contributed by atoms with Crippen molar-refractivity contribution in [1.29, 1.82) is 0 Å². The van der Waals surface area contributed by atoms with Gasteiger partial charge in [-0.25, -0.2) is 4.98 Å². The minimum atomic E-state index is 0.110. The number of para-hydroxylation sites is 1. The number of aryl methyl sites for hydroxylation is 1. The van der Waals surface area contributed by atoms with Gasteiger partial charge >= 0.3 is 0 Å². The summed E-state index contributed by atoms with van der Waals surface area (Å²) in [5.74, 6) is 0.944. The lowest BCUT2D eigenvalue weighted by Gasteiger charge is -2.11. The number of amides is 1. The van der Waals surface area contributed by atoms with Crippen molar-refractivity contribution < 1.29 is 9.53 Å². The highest BCUT2D eigenvalue weighted by Crippen LogP contribution is 2.22. The molecular formula is C18H22N2O2S. The van der Waals surface area contributed by atoms with Gasteiger partial charge in [-0.3, -0.25) is 4.79 Å². The van der Waals surface area contributed by atoms with Crippen molar-refractivity contribution in [3.63, 3.8) is 0 Å². The number of nitrogens with one attached hydrogen (secondary N) is 1. The molecule has 3 rings (SSSR count). The Hall–Kier alpha value is -1.88. The number of hydrogen-bond donors (Lipinski definition) is 1. The van der Waals surface area contributed by atoms with Crippen LogP contribution in [0.5, 0.6) is 5.75 Å². The van der Waals surface area contributed by atoms with Crippen LogP contribution in [0, 0.1) is 6.92 Å². The second kappa shape index (κ2) is 7.59. The van der Waals surface area contributed by atoms with Gasteiger partial charge in [0.1, 0.15) is 17.4 Å². The molecule has 23 heavy (non-hydrogen) atoms. The number of hydrogen-bond acceptors (Lipinski definition) is 4. The average molecular weight is 330 g/mol. The quantitative estimate of drug-likeness (QED) is 0.880. The molecule has 1 aromatic heterocycles. The fourth-order valence-corrected chi connectivity index (χ4v) is 3.85. The number of rotatable bonds is 6. The van der Waals surface area contributed by atoms with E-state index in [1.165, 1.54) is 12.8 Å². The maximum Gasteiger partial charge on any atom is 0.225 e. The van der Waals surface area contributed by atoms with Gasteiger partial charge in [-0.1, -0.05) is 31.0 Å².